The average molecular weight is 403 g/mol. The van der Waals surface area contributed by atoms with Gasteiger partial charge in [-0.15, -0.1) is 0 Å². The third-order valence-corrected chi connectivity index (χ3v) is 4.85. The van der Waals surface area contributed by atoms with Crippen molar-refractivity contribution in [1.29, 1.82) is 0 Å². The first kappa shape index (κ1) is 18.0. The zero-order valence-electron chi connectivity index (χ0n) is 14.4. The number of hydrogen-bond donors (Lipinski definition) is 1. The van der Waals surface area contributed by atoms with Gasteiger partial charge in [0.15, 0.2) is 0 Å². The minimum absolute atomic E-state index is 0.113. The summed E-state index contributed by atoms with van der Waals surface area (Å²) in [6.07, 6.45) is 3.24. The van der Waals surface area contributed by atoms with Crippen LogP contribution in [0.2, 0.25) is 0 Å². The van der Waals surface area contributed by atoms with Crippen molar-refractivity contribution in [1.82, 2.24) is 20.1 Å². The molecule has 6 heteroatoms. The molecule has 1 aliphatic rings. The van der Waals surface area contributed by atoms with Gasteiger partial charge in [-0.1, -0.05) is 24.3 Å². The minimum Gasteiger partial charge on any atom is -0.348 e. The van der Waals surface area contributed by atoms with Gasteiger partial charge in [0.25, 0.3) is 5.91 Å². The Labute approximate surface area is 157 Å². The number of rotatable bonds is 5. The monoisotopic (exact) mass is 402 g/mol. The lowest BCUT2D eigenvalue weighted by Crippen LogP contribution is -2.43. The highest BCUT2D eigenvalue weighted by Crippen LogP contribution is 2.12. The van der Waals surface area contributed by atoms with Gasteiger partial charge in [0, 0.05) is 56.1 Å². The van der Waals surface area contributed by atoms with Gasteiger partial charge < -0.3 is 10.2 Å². The maximum absolute atomic E-state index is 12.2. The van der Waals surface area contributed by atoms with Crippen molar-refractivity contribution in [3.8, 4) is 0 Å². The smallest absolute Gasteiger partial charge is 0.253 e. The number of piperazine rings is 1. The summed E-state index contributed by atoms with van der Waals surface area (Å²) in [6, 6.07) is 10.2. The number of halogens is 1. The van der Waals surface area contributed by atoms with E-state index in [1.807, 2.05) is 6.07 Å². The molecule has 2 heterocycles. The Kier molecular flexibility index (Phi) is 6.18. The molecule has 0 spiro atoms. The molecule has 0 aliphatic carbocycles. The molecule has 1 N–H and O–H groups in total. The summed E-state index contributed by atoms with van der Waals surface area (Å²) in [5.41, 5.74) is 2.96. The van der Waals surface area contributed by atoms with Gasteiger partial charge in [-0.25, -0.2) is 0 Å². The summed E-state index contributed by atoms with van der Waals surface area (Å²) < 4.78 is 0.800. The van der Waals surface area contributed by atoms with E-state index in [1.54, 1.807) is 18.5 Å². The first-order valence-corrected chi connectivity index (χ1v) is 9.27. The molecule has 25 heavy (non-hydrogen) atoms. The second kappa shape index (κ2) is 8.56. The van der Waals surface area contributed by atoms with Crippen LogP contribution in [0.4, 0.5) is 0 Å². The summed E-state index contributed by atoms with van der Waals surface area (Å²) in [5.74, 6) is -0.113. The van der Waals surface area contributed by atoms with Crippen molar-refractivity contribution in [3.63, 3.8) is 0 Å². The van der Waals surface area contributed by atoms with Crippen molar-refractivity contribution in [2.45, 2.75) is 13.1 Å². The fraction of sp³-hybridized carbons (Fsp3) is 0.368. The summed E-state index contributed by atoms with van der Waals surface area (Å²) in [5, 5.41) is 2.96. The maximum Gasteiger partial charge on any atom is 0.253 e. The molecule has 5 nitrogen and oxygen atoms in total. The lowest BCUT2D eigenvalue weighted by atomic mass is 10.1. The molecule has 0 radical (unpaired) electrons. The van der Waals surface area contributed by atoms with Gasteiger partial charge in [0.05, 0.1) is 5.56 Å². The van der Waals surface area contributed by atoms with Crippen LogP contribution in [-0.2, 0) is 13.1 Å². The lowest BCUT2D eigenvalue weighted by molar-refractivity contribution is 0.0950. The van der Waals surface area contributed by atoms with E-state index in [9.17, 15) is 4.79 Å². The van der Waals surface area contributed by atoms with Crippen LogP contribution in [-0.4, -0.2) is 53.9 Å². The molecule has 132 valence electrons. The van der Waals surface area contributed by atoms with E-state index in [0.717, 1.165) is 42.8 Å². The van der Waals surface area contributed by atoms with Gasteiger partial charge in [-0.2, -0.15) is 0 Å². The largest absolute Gasteiger partial charge is 0.348 e. The average Bonchev–Trinajstić information content (AvgIpc) is 2.62. The number of carbonyl (C=O) groups is 1. The highest BCUT2D eigenvalue weighted by atomic mass is 79.9. The van der Waals surface area contributed by atoms with Crippen molar-refractivity contribution in [2.75, 3.05) is 33.2 Å². The predicted molar refractivity (Wildman–Crippen MR) is 102 cm³/mol. The summed E-state index contributed by atoms with van der Waals surface area (Å²) in [6.45, 7) is 5.93. The molecule has 1 aromatic carbocycles. The second-order valence-corrected chi connectivity index (χ2v) is 7.39. The number of likely N-dealkylation sites (N-methyl/N-ethyl adjacent to an activating group) is 1. The van der Waals surface area contributed by atoms with Crippen LogP contribution in [0.5, 0.6) is 0 Å². The van der Waals surface area contributed by atoms with Crippen LogP contribution in [0.25, 0.3) is 0 Å². The first-order chi connectivity index (χ1) is 12.1. The van der Waals surface area contributed by atoms with E-state index >= 15 is 0 Å². The van der Waals surface area contributed by atoms with E-state index in [2.05, 4.69) is 61.3 Å². The van der Waals surface area contributed by atoms with Crippen molar-refractivity contribution in [2.24, 2.45) is 0 Å². The van der Waals surface area contributed by atoms with Crippen LogP contribution in [0.15, 0.2) is 47.2 Å². The summed E-state index contributed by atoms with van der Waals surface area (Å²) in [4.78, 5) is 21.1. The molecule has 1 amide bonds. The quantitative estimate of drug-likeness (QED) is 0.834. The lowest BCUT2D eigenvalue weighted by Gasteiger charge is -2.32. The number of pyridine rings is 1. The van der Waals surface area contributed by atoms with Crippen LogP contribution in [0.3, 0.4) is 0 Å². The third-order valence-electron chi connectivity index (χ3n) is 4.41. The summed E-state index contributed by atoms with van der Waals surface area (Å²) >= 11 is 3.34. The number of carbonyl (C=O) groups excluding carboxylic acids is 1. The Morgan fingerprint density at radius 2 is 1.92 bits per heavy atom. The molecule has 3 rings (SSSR count). The molecular formula is C19H23BrN4O. The van der Waals surface area contributed by atoms with Crippen molar-refractivity contribution >= 4 is 21.8 Å². The minimum atomic E-state index is -0.113. The molecule has 1 saturated heterocycles. The number of nitrogens with zero attached hydrogens (tertiary/aromatic N) is 3. The number of nitrogens with one attached hydrogen (secondary N) is 1. The van der Waals surface area contributed by atoms with Crippen LogP contribution < -0.4 is 5.32 Å². The Balaban J connectivity index is 1.55. The predicted octanol–water partition coefficient (Wildman–Crippen LogP) is 2.52. The van der Waals surface area contributed by atoms with Crippen LogP contribution >= 0.6 is 15.9 Å². The molecule has 1 aliphatic heterocycles. The van der Waals surface area contributed by atoms with Crippen molar-refractivity contribution in [3.05, 3.63) is 63.9 Å². The van der Waals surface area contributed by atoms with E-state index in [1.165, 1.54) is 5.56 Å². The third kappa shape index (κ3) is 5.36. The normalized spacial score (nSPS) is 15.9. The number of amides is 1. The topological polar surface area (TPSA) is 48.5 Å². The van der Waals surface area contributed by atoms with Gasteiger partial charge in [0.2, 0.25) is 0 Å². The van der Waals surface area contributed by atoms with Crippen molar-refractivity contribution < 1.29 is 4.79 Å². The van der Waals surface area contributed by atoms with Gasteiger partial charge in [-0.05, 0) is 40.2 Å². The number of hydrogen-bond acceptors (Lipinski definition) is 4. The van der Waals surface area contributed by atoms with Gasteiger partial charge in [0.1, 0.15) is 0 Å². The van der Waals surface area contributed by atoms with Gasteiger partial charge in [-0.3, -0.25) is 14.7 Å². The molecular weight excluding hydrogens is 380 g/mol. The molecule has 0 atom stereocenters. The Bertz CT molecular complexity index is 729. The standard InChI is InChI=1S/C19H23BrN4O/c1-23-5-7-24(8-6-23)14-16-4-2-3-15(9-16)11-22-19(25)17-10-18(20)13-21-12-17/h2-4,9-10,12-13H,5-8,11,14H2,1H3,(H,22,25). The van der Waals surface area contributed by atoms with E-state index in [4.69, 9.17) is 0 Å². The Morgan fingerprint density at radius 1 is 1.16 bits per heavy atom. The molecule has 0 saturated carbocycles. The first-order valence-electron chi connectivity index (χ1n) is 8.47. The number of aromatic nitrogens is 1. The number of benzene rings is 1. The molecule has 0 bridgehead atoms. The second-order valence-electron chi connectivity index (χ2n) is 6.47. The van der Waals surface area contributed by atoms with E-state index in [-0.39, 0.29) is 5.91 Å². The Morgan fingerprint density at radius 3 is 2.68 bits per heavy atom. The zero-order valence-corrected chi connectivity index (χ0v) is 16.0. The Hall–Kier alpha value is -1.76. The van der Waals surface area contributed by atoms with Crippen LogP contribution in [0.1, 0.15) is 21.5 Å². The van der Waals surface area contributed by atoms with Gasteiger partial charge >= 0.3 is 0 Å². The highest BCUT2D eigenvalue weighted by molar-refractivity contribution is 9.10. The van der Waals surface area contributed by atoms with E-state index < -0.39 is 0 Å². The molecule has 2 aromatic rings. The van der Waals surface area contributed by atoms with Crippen LogP contribution in [0, 0.1) is 0 Å². The maximum atomic E-state index is 12.2. The van der Waals surface area contributed by atoms with E-state index in [0.29, 0.717) is 12.1 Å². The molecule has 1 fully saturated rings. The fourth-order valence-corrected chi connectivity index (χ4v) is 3.29. The highest BCUT2D eigenvalue weighted by Gasteiger charge is 2.14. The molecule has 0 unspecified atom stereocenters. The summed E-state index contributed by atoms with van der Waals surface area (Å²) in [7, 11) is 2.17. The SMILES string of the molecule is CN1CCN(Cc2cccc(CNC(=O)c3cncc(Br)c3)c2)CC1. The zero-order chi connectivity index (χ0) is 17.6. The molecule has 1 aromatic heterocycles. The fourth-order valence-electron chi connectivity index (χ4n) is 2.92.